The zero-order chi connectivity index (χ0) is 58.8. The third kappa shape index (κ3) is 16.7. The molecule has 6 N–H and O–H groups in total. The second-order valence-corrected chi connectivity index (χ2v) is 22.4. The van der Waals surface area contributed by atoms with E-state index in [0.717, 1.165) is 65.5 Å². The Morgan fingerprint density at radius 1 is 0.774 bits per heavy atom. The molecule has 2 aromatic heterocycles. The number of anilines is 2. The Kier molecular flexibility index (Phi) is 22.5. The summed E-state index contributed by atoms with van der Waals surface area (Å²) in [6, 6.07) is 25.3. The summed E-state index contributed by atoms with van der Waals surface area (Å²) in [6.45, 7) is 14.4. The van der Waals surface area contributed by atoms with Gasteiger partial charge < -0.3 is 69.6 Å². The normalized spacial score (nSPS) is 16.8. The highest BCUT2D eigenvalue weighted by molar-refractivity contribution is 7.13. The number of nitrogens with two attached hydrogens (primary N) is 2. The Morgan fingerprint density at radius 3 is 2.13 bits per heavy atom. The predicted molar refractivity (Wildman–Crippen MR) is 319 cm³/mol. The number of carbonyl (C=O) groups excluding carboxylic acids is 3. The quantitative estimate of drug-likeness (QED) is 0.0337. The van der Waals surface area contributed by atoms with Crippen molar-refractivity contribution in [2.75, 3.05) is 117 Å². The van der Waals surface area contributed by atoms with Crippen LogP contribution in [0.4, 0.5) is 11.8 Å². The SMILES string of the molecule is Cc1ncsc1-c1ccc(CNC(=O)C2CC(O)CN2C(=O)C(C(C)C)N2Cc3ccccc3C2=O)c(OCCOCCOCCOCCOCCOCCOc2cccc(CN3CCC(COc4cccc5nc(N)nc(N)c45)CC3)c2)c1. The topological polar surface area (TPSA) is 258 Å². The van der Waals surface area contributed by atoms with E-state index in [2.05, 4.69) is 37.3 Å². The van der Waals surface area contributed by atoms with Crippen LogP contribution < -0.4 is 31.0 Å². The van der Waals surface area contributed by atoms with Crippen LogP contribution in [0.5, 0.6) is 17.2 Å². The number of hydrogen-bond donors (Lipinski definition) is 4. The predicted octanol–water partition coefficient (Wildman–Crippen LogP) is 6.32. The summed E-state index contributed by atoms with van der Waals surface area (Å²) in [7, 11) is 0. The Balaban J connectivity index is 0.595. The fourth-order valence-corrected chi connectivity index (χ4v) is 11.7. The van der Waals surface area contributed by atoms with Crippen molar-refractivity contribution in [2.24, 2.45) is 11.8 Å². The molecule has 2 saturated heterocycles. The van der Waals surface area contributed by atoms with Crippen molar-refractivity contribution in [3.05, 3.63) is 118 Å². The van der Waals surface area contributed by atoms with E-state index in [-0.39, 0.29) is 49.8 Å². The molecule has 4 aromatic carbocycles. The molecule has 3 aliphatic rings. The molecule has 9 rings (SSSR count). The number of rotatable bonds is 32. The van der Waals surface area contributed by atoms with E-state index in [4.69, 9.17) is 49.4 Å². The number of nitrogen functional groups attached to an aromatic ring is 2. The number of piperidine rings is 1. The van der Waals surface area contributed by atoms with Crippen molar-refractivity contribution in [1.29, 1.82) is 0 Å². The minimum absolute atomic E-state index is 0.00227. The van der Waals surface area contributed by atoms with Gasteiger partial charge in [0, 0.05) is 43.7 Å². The van der Waals surface area contributed by atoms with Gasteiger partial charge in [-0.05, 0) is 97.8 Å². The molecule has 5 heterocycles. The molecule has 0 radical (unpaired) electrons. The average Bonchev–Trinajstić information content (AvgIpc) is 2.80. The molecule has 21 nitrogen and oxygen atoms in total. The van der Waals surface area contributed by atoms with Crippen LogP contribution in [-0.2, 0) is 52.9 Å². The first-order valence-corrected chi connectivity index (χ1v) is 29.9. The van der Waals surface area contributed by atoms with Gasteiger partial charge in [-0.3, -0.25) is 19.3 Å². The molecule has 22 heteroatoms. The van der Waals surface area contributed by atoms with Gasteiger partial charge in [0.2, 0.25) is 17.8 Å². The van der Waals surface area contributed by atoms with Crippen molar-refractivity contribution < 1.29 is 57.4 Å². The third-order valence-electron chi connectivity index (χ3n) is 15.1. The first-order valence-electron chi connectivity index (χ1n) is 29.0. The van der Waals surface area contributed by atoms with Gasteiger partial charge in [0.25, 0.3) is 5.91 Å². The van der Waals surface area contributed by atoms with Crippen LogP contribution in [-0.4, -0.2) is 176 Å². The summed E-state index contributed by atoms with van der Waals surface area (Å²) in [5.41, 5.74) is 19.6. The van der Waals surface area contributed by atoms with E-state index in [1.54, 1.807) is 16.5 Å². The van der Waals surface area contributed by atoms with E-state index in [1.165, 1.54) is 21.8 Å². The number of benzene rings is 4. The number of aryl methyl sites for hydroxylation is 1. The monoisotopic (exact) mass is 1170 g/mol. The number of hydrogen-bond acceptors (Lipinski definition) is 19. The summed E-state index contributed by atoms with van der Waals surface area (Å²) in [5, 5.41) is 14.5. The maximum Gasteiger partial charge on any atom is 0.255 e. The van der Waals surface area contributed by atoms with E-state index in [0.29, 0.717) is 126 Å². The average molecular weight is 1170 g/mol. The number of nitrogens with one attached hydrogen (secondary N) is 1. The number of likely N-dealkylation sites (tertiary alicyclic amines) is 2. The van der Waals surface area contributed by atoms with Crippen molar-refractivity contribution in [3.8, 4) is 27.7 Å². The summed E-state index contributed by atoms with van der Waals surface area (Å²) < 4.78 is 47.0. The molecule has 3 atom stereocenters. The van der Waals surface area contributed by atoms with E-state index in [9.17, 15) is 19.5 Å². The second kappa shape index (κ2) is 30.7. The maximum atomic E-state index is 14.3. The van der Waals surface area contributed by atoms with E-state index < -0.39 is 24.1 Å². The molecule has 3 unspecified atom stereocenters. The van der Waals surface area contributed by atoms with Crippen molar-refractivity contribution in [3.63, 3.8) is 0 Å². The fraction of sp³-hybridized carbons (Fsp3) is 0.484. The van der Waals surface area contributed by atoms with Crippen molar-refractivity contribution in [2.45, 2.75) is 77.9 Å². The van der Waals surface area contributed by atoms with Crippen LogP contribution in [0, 0.1) is 18.8 Å². The number of amides is 3. The van der Waals surface area contributed by atoms with Crippen molar-refractivity contribution >= 4 is 51.7 Å². The minimum Gasteiger partial charge on any atom is -0.492 e. The first-order chi connectivity index (χ1) is 40.9. The van der Waals surface area contributed by atoms with Gasteiger partial charge in [-0.25, -0.2) is 9.97 Å². The first kappa shape index (κ1) is 61.5. The Morgan fingerprint density at radius 2 is 1.45 bits per heavy atom. The highest BCUT2D eigenvalue weighted by Crippen LogP contribution is 2.35. The molecule has 6 aromatic rings. The molecule has 0 spiro atoms. The fourth-order valence-electron chi connectivity index (χ4n) is 10.9. The molecular formula is C62H79N9O12S. The molecule has 0 saturated carbocycles. The van der Waals surface area contributed by atoms with Gasteiger partial charge in [0.05, 0.1) is 106 Å². The van der Waals surface area contributed by atoms with E-state index >= 15 is 0 Å². The van der Waals surface area contributed by atoms with Gasteiger partial charge in [-0.15, -0.1) is 11.3 Å². The zero-order valence-corrected chi connectivity index (χ0v) is 49.1. The lowest BCUT2D eigenvalue weighted by Gasteiger charge is -2.35. The number of β-amino-alcohol motifs (C(OH)–C–C–N with tert-alkyl or cyclic N) is 1. The summed E-state index contributed by atoms with van der Waals surface area (Å²) in [5.74, 6) is 1.80. The third-order valence-corrected chi connectivity index (χ3v) is 16.1. The van der Waals surface area contributed by atoms with Crippen LogP contribution >= 0.6 is 11.3 Å². The summed E-state index contributed by atoms with van der Waals surface area (Å²) in [6.07, 6.45) is 1.28. The van der Waals surface area contributed by atoms with E-state index in [1.807, 2.05) is 87.5 Å². The largest absolute Gasteiger partial charge is 0.492 e. The van der Waals surface area contributed by atoms with Gasteiger partial charge >= 0.3 is 0 Å². The lowest BCUT2D eigenvalue weighted by Crippen LogP contribution is -2.55. The van der Waals surface area contributed by atoms with Crippen LogP contribution in [0.15, 0.2) is 90.4 Å². The van der Waals surface area contributed by atoms with Gasteiger partial charge in [0.15, 0.2) is 0 Å². The molecule has 0 bridgehead atoms. The lowest BCUT2D eigenvalue weighted by molar-refractivity contribution is -0.143. The van der Waals surface area contributed by atoms with Crippen LogP contribution in [0.25, 0.3) is 21.3 Å². The Labute approximate surface area is 494 Å². The number of aliphatic hydroxyl groups is 1. The minimum atomic E-state index is -0.913. The molecule has 3 amide bonds. The number of nitrogens with zero attached hydrogens (tertiary/aromatic N) is 6. The van der Waals surface area contributed by atoms with Gasteiger partial charge in [0.1, 0.15) is 48.4 Å². The van der Waals surface area contributed by atoms with Crippen molar-refractivity contribution in [1.82, 2.24) is 35.0 Å². The molecule has 84 heavy (non-hydrogen) atoms. The standard InChI is InChI=1S/C62H79N9O12S/c1-41(2)56(71-37-47-9-4-5-11-50(47)60(71)74)61(75)70-38-48(72)34-52(70)59(73)65-35-46-15-14-45(57-42(3)66-40-84-57)33-54(46)82-31-29-80-27-25-78-23-21-76-20-22-77-24-26-79-28-30-81-49-10-6-8-44(32-49)36-69-18-16-43(17-19-69)39-83-53-13-7-12-51-55(53)58(63)68-62(64)67-51/h4-15,32-33,40-41,43,48,52,56,72H,16-31,34-39H2,1-3H3,(H,65,73)(H4,63,64,67,68). The Bertz CT molecular complexity index is 3120. The highest BCUT2D eigenvalue weighted by atomic mass is 32.1. The van der Waals surface area contributed by atoms with Crippen LogP contribution in [0.3, 0.4) is 0 Å². The van der Waals surface area contributed by atoms with Gasteiger partial charge in [-0.1, -0.05) is 62.4 Å². The summed E-state index contributed by atoms with van der Waals surface area (Å²) >= 11 is 1.53. The number of ether oxygens (including phenoxy) is 8. The molecule has 2 fully saturated rings. The molecule has 3 aliphatic heterocycles. The molecule has 0 aliphatic carbocycles. The molecule has 450 valence electrons. The number of aromatic nitrogens is 3. The second-order valence-electron chi connectivity index (χ2n) is 21.5. The smallest absolute Gasteiger partial charge is 0.255 e. The number of thiazole rings is 1. The Hall–Kier alpha value is -7.02. The van der Waals surface area contributed by atoms with Crippen LogP contribution in [0.1, 0.15) is 65.9 Å². The summed E-state index contributed by atoms with van der Waals surface area (Å²) in [4.78, 5) is 60.9. The van der Waals surface area contributed by atoms with Gasteiger partial charge in [-0.2, -0.15) is 4.98 Å². The molecular weight excluding hydrogens is 1090 g/mol. The number of fused-ring (bicyclic) bond motifs is 2. The number of carbonyl (C=O) groups is 3. The maximum absolute atomic E-state index is 14.3. The zero-order valence-electron chi connectivity index (χ0n) is 48.3. The van der Waals surface area contributed by atoms with Crippen LogP contribution in [0.2, 0.25) is 0 Å². The number of aliphatic hydroxyl groups excluding tert-OH is 1. The highest BCUT2D eigenvalue weighted by Gasteiger charge is 2.46. The lowest BCUT2D eigenvalue weighted by atomic mass is 9.97.